The van der Waals surface area contributed by atoms with Crippen molar-refractivity contribution >= 4 is 45.9 Å². The van der Waals surface area contributed by atoms with Crippen molar-refractivity contribution in [2.45, 2.75) is 156 Å². The Bertz CT molecular complexity index is 892. The molecule has 0 aliphatic carbocycles. The molecule has 0 spiro atoms. The van der Waals surface area contributed by atoms with Crippen LogP contribution in [0.3, 0.4) is 0 Å². The standard InChI is InChI=1S/C42H80N4O6S2/c1-5-9-13-15-21-37(19-11-7-3)35-43-41(49)53-33-31-51-39(47)23-27-46(30-29-45-25-17-18-26-45)28-24-40(48)52-32-34-54-42(50)44-36-38(20-12-8-4)22-16-14-10-6-2/h37-38H,5-36H2,1-4H3,(H,43,49)(H,44,50). The summed E-state index contributed by atoms with van der Waals surface area (Å²) in [4.78, 5) is 54.6. The van der Waals surface area contributed by atoms with Gasteiger partial charge in [-0.2, -0.15) is 0 Å². The fraction of sp³-hybridized carbons (Fsp3) is 0.905. The van der Waals surface area contributed by atoms with Crippen molar-refractivity contribution in [2.75, 3.05) is 77.1 Å². The Balaban J connectivity index is 2.34. The van der Waals surface area contributed by atoms with Crippen LogP contribution in [0.5, 0.6) is 0 Å². The first-order valence-corrected chi connectivity index (χ1v) is 23.8. The smallest absolute Gasteiger partial charge is 0.307 e. The molecule has 316 valence electrons. The zero-order valence-electron chi connectivity index (χ0n) is 34.9. The fourth-order valence-corrected chi connectivity index (χ4v) is 7.88. The summed E-state index contributed by atoms with van der Waals surface area (Å²) in [6, 6.07) is 0. The molecule has 1 rings (SSSR count). The normalized spacial score (nSPS) is 14.2. The van der Waals surface area contributed by atoms with E-state index in [1.165, 1.54) is 113 Å². The first-order valence-electron chi connectivity index (χ1n) is 21.9. The number of rotatable bonds is 35. The van der Waals surface area contributed by atoms with Crippen molar-refractivity contribution in [3.8, 4) is 0 Å². The van der Waals surface area contributed by atoms with Gasteiger partial charge >= 0.3 is 11.9 Å². The molecule has 1 saturated heterocycles. The first-order chi connectivity index (χ1) is 26.3. The Labute approximate surface area is 338 Å². The second-order valence-electron chi connectivity index (χ2n) is 15.1. The topological polar surface area (TPSA) is 117 Å². The van der Waals surface area contributed by atoms with E-state index in [4.69, 9.17) is 9.47 Å². The molecule has 0 radical (unpaired) electrons. The van der Waals surface area contributed by atoms with Gasteiger partial charge in [0.2, 0.25) is 0 Å². The lowest BCUT2D eigenvalue weighted by molar-refractivity contribution is -0.143. The van der Waals surface area contributed by atoms with Crippen LogP contribution in [0.4, 0.5) is 9.59 Å². The van der Waals surface area contributed by atoms with Crippen LogP contribution in [0, 0.1) is 11.8 Å². The quantitative estimate of drug-likeness (QED) is 0.0474. The highest BCUT2D eigenvalue weighted by atomic mass is 32.2. The number of hydrogen-bond donors (Lipinski definition) is 2. The summed E-state index contributed by atoms with van der Waals surface area (Å²) in [6.07, 6.45) is 22.2. The Hall–Kier alpha value is -1.50. The Kier molecular flexibility index (Phi) is 33.6. The number of amides is 2. The minimum atomic E-state index is -0.292. The molecule has 1 fully saturated rings. The third-order valence-electron chi connectivity index (χ3n) is 10.3. The van der Waals surface area contributed by atoms with Crippen LogP contribution in [0.1, 0.15) is 156 Å². The molecule has 12 heteroatoms. The summed E-state index contributed by atoms with van der Waals surface area (Å²) in [5.41, 5.74) is 0. The molecule has 1 aliphatic heterocycles. The number of likely N-dealkylation sites (tertiary alicyclic amines) is 1. The lowest BCUT2D eigenvalue weighted by Crippen LogP contribution is -2.36. The summed E-state index contributed by atoms with van der Waals surface area (Å²) in [5.74, 6) is 1.33. The number of nitrogens with zero attached hydrogens (tertiary/aromatic N) is 2. The maximum absolute atomic E-state index is 12.6. The summed E-state index contributed by atoms with van der Waals surface area (Å²) in [5, 5.41) is 6.05. The lowest BCUT2D eigenvalue weighted by Gasteiger charge is -2.24. The van der Waals surface area contributed by atoms with Crippen LogP contribution in [0.15, 0.2) is 0 Å². The van der Waals surface area contributed by atoms with Crippen molar-refractivity contribution in [1.29, 1.82) is 0 Å². The Morgan fingerprint density at radius 1 is 0.593 bits per heavy atom. The van der Waals surface area contributed by atoms with Gasteiger partial charge in [0.05, 0.1) is 12.8 Å². The van der Waals surface area contributed by atoms with Gasteiger partial charge in [-0.3, -0.25) is 19.2 Å². The zero-order chi connectivity index (χ0) is 39.5. The van der Waals surface area contributed by atoms with E-state index in [1.54, 1.807) is 0 Å². The second kappa shape index (κ2) is 35.9. The Morgan fingerprint density at radius 3 is 1.44 bits per heavy atom. The van der Waals surface area contributed by atoms with E-state index in [2.05, 4.69) is 48.1 Å². The van der Waals surface area contributed by atoms with Crippen LogP contribution in [0.2, 0.25) is 0 Å². The molecule has 2 unspecified atom stereocenters. The van der Waals surface area contributed by atoms with Gasteiger partial charge < -0.3 is 29.9 Å². The van der Waals surface area contributed by atoms with Gasteiger partial charge in [-0.05, 0) is 63.5 Å². The van der Waals surface area contributed by atoms with E-state index in [0.717, 1.165) is 51.9 Å². The molecule has 0 saturated carbocycles. The molecule has 2 amide bonds. The van der Waals surface area contributed by atoms with Crippen LogP contribution in [-0.2, 0) is 19.1 Å². The van der Waals surface area contributed by atoms with Gasteiger partial charge in [0.1, 0.15) is 13.2 Å². The van der Waals surface area contributed by atoms with Gasteiger partial charge in [-0.1, -0.05) is 128 Å². The fourth-order valence-electron chi connectivity index (χ4n) is 6.81. The average molecular weight is 801 g/mol. The second-order valence-corrected chi connectivity index (χ2v) is 17.2. The highest BCUT2D eigenvalue weighted by Crippen LogP contribution is 2.19. The zero-order valence-corrected chi connectivity index (χ0v) is 36.6. The molecular weight excluding hydrogens is 721 g/mol. The number of carbonyl (C=O) groups is 4. The van der Waals surface area contributed by atoms with Gasteiger partial charge in [-0.15, -0.1) is 0 Å². The third kappa shape index (κ3) is 29.7. The Morgan fingerprint density at radius 2 is 1.02 bits per heavy atom. The number of nitrogens with one attached hydrogen (secondary N) is 2. The van der Waals surface area contributed by atoms with Crippen LogP contribution < -0.4 is 10.6 Å². The maximum Gasteiger partial charge on any atom is 0.307 e. The molecule has 2 atom stereocenters. The number of hydrogen-bond acceptors (Lipinski definition) is 10. The predicted octanol–water partition coefficient (Wildman–Crippen LogP) is 9.69. The highest BCUT2D eigenvalue weighted by Gasteiger charge is 2.17. The summed E-state index contributed by atoms with van der Waals surface area (Å²) in [7, 11) is 0. The molecule has 0 aromatic heterocycles. The van der Waals surface area contributed by atoms with Crippen LogP contribution in [0.25, 0.3) is 0 Å². The van der Waals surface area contributed by atoms with Crippen LogP contribution >= 0.6 is 23.5 Å². The molecule has 0 aromatic rings. The molecular formula is C42H80N4O6S2. The SMILES string of the molecule is CCCCCCC(CCCC)CNC(=O)SCCOC(=O)CCN(CCC(=O)OCCSC(=O)NCC(CCCC)CCCCCC)CCN1CCCC1. The number of ether oxygens (including phenoxy) is 2. The largest absolute Gasteiger partial charge is 0.465 e. The van der Waals surface area contributed by atoms with Crippen molar-refractivity contribution in [2.24, 2.45) is 11.8 Å². The number of thioether (sulfide) groups is 2. The minimum absolute atomic E-state index is 0.0533. The predicted molar refractivity (Wildman–Crippen MR) is 229 cm³/mol. The monoisotopic (exact) mass is 801 g/mol. The molecule has 1 heterocycles. The summed E-state index contributed by atoms with van der Waals surface area (Å²) >= 11 is 2.35. The minimum Gasteiger partial charge on any atom is -0.465 e. The summed E-state index contributed by atoms with van der Waals surface area (Å²) in [6.45, 7) is 15.5. The molecule has 0 bridgehead atoms. The van der Waals surface area contributed by atoms with Crippen molar-refractivity contribution < 1.29 is 28.7 Å². The number of unbranched alkanes of at least 4 members (excludes halogenated alkanes) is 8. The van der Waals surface area contributed by atoms with Gasteiger partial charge in [0, 0.05) is 50.8 Å². The van der Waals surface area contributed by atoms with E-state index in [9.17, 15) is 19.2 Å². The third-order valence-corrected chi connectivity index (χ3v) is 11.8. The van der Waals surface area contributed by atoms with Gasteiger partial charge in [0.15, 0.2) is 0 Å². The number of carbonyl (C=O) groups excluding carboxylic acids is 4. The van der Waals surface area contributed by atoms with Crippen molar-refractivity contribution in [3.05, 3.63) is 0 Å². The van der Waals surface area contributed by atoms with E-state index >= 15 is 0 Å². The molecule has 0 aromatic carbocycles. The van der Waals surface area contributed by atoms with E-state index in [0.29, 0.717) is 49.5 Å². The molecule has 54 heavy (non-hydrogen) atoms. The van der Waals surface area contributed by atoms with E-state index in [-0.39, 0.29) is 48.5 Å². The van der Waals surface area contributed by atoms with Crippen molar-refractivity contribution in [3.63, 3.8) is 0 Å². The van der Waals surface area contributed by atoms with Crippen LogP contribution in [-0.4, -0.2) is 109 Å². The maximum atomic E-state index is 12.6. The molecule has 2 N–H and O–H groups in total. The lowest BCUT2D eigenvalue weighted by atomic mass is 9.95. The first kappa shape index (κ1) is 50.5. The van der Waals surface area contributed by atoms with Crippen molar-refractivity contribution in [1.82, 2.24) is 20.4 Å². The molecule has 1 aliphatic rings. The van der Waals surface area contributed by atoms with E-state index in [1.807, 2.05) is 0 Å². The van der Waals surface area contributed by atoms with E-state index < -0.39 is 0 Å². The van der Waals surface area contributed by atoms with Gasteiger partial charge in [-0.25, -0.2) is 0 Å². The molecule has 10 nitrogen and oxygen atoms in total. The average Bonchev–Trinajstić information content (AvgIpc) is 3.70. The van der Waals surface area contributed by atoms with Gasteiger partial charge in [0.25, 0.3) is 10.5 Å². The highest BCUT2D eigenvalue weighted by molar-refractivity contribution is 8.13. The number of esters is 2. The summed E-state index contributed by atoms with van der Waals surface area (Å²) < 4.78 is 10.9.